The lowest BCUT2D eigenvalue weighted by atomic mass is 10.1. The maximum atomic E-state index is 12.5. The highest BCUT2D eigenvalue weighted by molar-refractivity contribution is 6.01. The van der Waals surface area contributed by atoms with Crippen molar-refractivity contribution in [2.75, 3.05) is 44.4 Å². The van der Waals surface area contributed by atoms with Crippen LogP contribution in [0.2, 0.25) is 0 Å². The Morgan fingerprint density at radius 1 is 1.31 bits per heavy atom. The van der Waals surface area contributed by atoms with Crippen LogP contribution in [0.5, 0.6) is 0 Å². The lowest BCUT2D eigenvalue weighted by molar-refractivity contribution is -0.117. The quantitative estimate of drug-likeness (QED) is 0.447. The molecule has 1 amide bonds. The first-order valence-corrected chi connectivity index (χ1v) is 11.6. The summed E-state index contributed by atoms with van der Waals surface area (Å²) in [5, 5.41) is 18.7. The van der Waals surface area contributed by atoms with Crippen LogP contribution in [-0.2, 0) is 9.53 Å². The summed E-state index contributed by atoms with van der Waals surface area (Å²) in [7, 11) is 2.06. The number of aromatic nitrogens is 6. The van der Waals surface area contributed by atoms with Crippen LogP contribution < -0.4 is 10.6 Å². The third-order valence-electron chi connectivity index (χ3n) is 6.68. The normalized spacial score (nSPS) is 24.1. The van der Waals surface area contributed by atoms with E-state index in [9.17, 15) is 4.79 Å². The van der Waals surface area contributed by atoms with Crippen molar-refractivity contribution in [2.45, 2.75) is 19.4 Å². The summed E-state index contributed by atoms with van der Waals surface area (Å²) < 4.78 is 30.4. The maximum Gasteiger partial charge on any atom is 0.228 e. The van der Waals surface area contributed by atoms with Gasteiger partial charge in [0.25, 0.3) is 0 Å². The Kier molecular flexibility index (Phi) is 4.52. The fourth-order valence-electron chi connectivity index (χ4n) is 4.45. The smallest absolute Gasteiger partial charge is 0.228 e. The zero-order valence-corrected chi connectivity index (χ0v) is 19.4. The number of likely N-dealkylation sites (N-methyl/N-ethyl adjacent to an activating group) is 1. The molecule has 2 N–H and O–H groups in total. The van der Waals surface area contributed by atoms with Crippen LogP contribution in [0.1, 0.15) is 29.1 Å². The van der Waals surface area contributed by atoms with Crippen molar-refractivity contribution in [1.29, 1.82) is 0 Å². The average molecular weight is 477 g/mol. The van der Waals surface area contributed by atoms with Crippen molar-refractivity contribution in [3.8, 4) is 11.4 Å². The minimum absolute atomic E-state index is 0.0422. The summed E-state index contributed by atoms with van der Waals surface area (Å²) >= 11 is 0. The fourth-order valence-corrected chi connectivity index (χ4v) is 4.45. The topological polar surface area (TPSA) is 122 Å². The van der Waals surface area contributed by atoms with Crippen molar-refractivity contribution in [1.82, 2.24) is 34.7 Å². The zero-order chi connectivity index (χ0) is 26.6. The van der Waals surface area contributed by atoms with E-state index in [2.05, 4.69) is 47.8 Å². The first-order chi connectivity index (χ1) is 18.1. The summed E-state index contributed by atoms with van der Waals surface area (Å²) in [4.78, 5) is 23.7. The largest absolute Gasteiger partial charge is 0.371 e. The minimum Gasteiger partial charge on any atom is -0.371 e. The lowest BCUT2D eigenvalue weighted by Gasteiger charge is -2.30. The molecule has 2 fully saturated rings. The molecule has 0 bridgehead atoms. The number of morpholine rings is 1. The van der Waals surface area contributed by atoms with E-state index in [1.54, 1.807) is 10.6 Å². The fraction of sp³-hybridized carbons (Fsp3) is 0.417. The third kappa shape index (κ3) is 4.06. The highest BCUT2D eigenvalue weighted by Gasteiger charge is 2.39. The highest BCUT2D eigenvalue weighted by Crippen LogP contribution is 2.38. The van der Waals surface area contributed by atoms with Gasteiger partial charge >= 0.3 is 0 Å². The van der Waals surface area contributed by atoms with Gasteiger partial charge in [-0.15, -0.1) is 15.3 Å². The van der Waals surface area contributed by atoms with Crippen LogP contribution in [-0.4, -0.2) is 74.3 Å². The standard InChI is InChI=1S/C24H27N9O2/c1-13-8-15(13)24(34)27-19-9-16-17(10-26-23(25-2)21(16)30-29-19)22-28-20-5-4-14(11-33(20)31-22)18-12-32(3)6-7-35-18/h4-5,9-11,13,15,18H,6-8,12H2,1-3H3,(H,25,26)(H,27,29,34)/t13-,15+,18-/m1/s1/i2D3. The van der Waals surface area contributed by atoms with Gasteiger partial charge in [-0.1, -0.05) is 13.0 Å². The van der Waals surface area contributed by atoms with E-state index in [1.165, 1.54) is 6.20 Å². The molecule has 0 radical (unpaired) electrons. The molecule has 6 rings (SSSR count). The van der Waals surface area contributed by atoms with Gasteiger partial charge in [0.15, 0.2) is 23.1 Å². The van der Waals surface area contributed by atoms with E-state index in [-0.39, 0.29) is 35.1 Å². The van der Waals surface area contributed by atoms with Crippen molar-refractivity contribution >= 4 is 34.1 Å². The van der Waals surface area contributed by atoms with E-state index in [1.807, 2.05) is 25.3 Å². The molecule has 3 atom stereocenters. The molecule has 11 nitrogen and oxygen atoms in total. The number of rotatable bonds is 5. The van der Waals surface area contributed by atoms with Gasteiger partial charge in [0, 0.05) is 59.0 Å². The number of hydrogen-bond acceptors (Lipinski definition) is 9. The Morgan fingerprint density at radius 3 is 3.00 bits per heavy atom. The third-order valence-corrected chi connectivity index (χ3v) is 6.68. The van der Waals surface area contributed by atoms with Crippen molar-refractivity contribution < 1.29 is 13.6 Å². The van der Waals surface area contributed by atoms with E-state index in [4.69, 9.17) is 8.85 Å². The number of pyridine rings is 2. The number of fused-ring (bicyclic) bond motifs is 2. The molecule has 0 unspecified atom stereocenters. The highest BCUT2D eigenvalue weighted by atomic mass is 16.5. The molecule has 1 aliphatic heterocycles. The van der Waals surface area contributed by atoms with Gasteiger partial charge in [-0.25, -0.2) is 14.5 Å². The molecular formula is C24H27N9O2. The van der Waals surface area contributed by atoms with Crippen molar-refractivity contribution in [3.63, 3.8) is 0 Å². The second kappa shape index (κ2) is 8.51. The second-order valence-electron chi connectivity index (χ2n) is 9.27. The molecule has 5 heterocycles. The number of carbonyl (C=O) groups is 1. The number of carbonyl (C=O) groups excluding carboxylic acids is 1. The maximum absolute atomic E-state index is 12.5. The molecule has 0 spiro atoms. The van der Waals surface area contributed by atoms with Gasteiger partial charge in [-0.3, -0.25) is 4.79 Å². The number of ether oxygens (including phenoxy) is 1. The van der Waals surface area contributed by atoms with Crippen molar-refractivity contribution in [3.05, 3.63) is 36.2 Å². The van der Waals surface area contributed by atoms with E-state index in [0.29, 0.717) is 34.9 Å². The van der Waals surface area contributed by atoms with Crippen LogP contribution >= 0.6 is 0 Å². The summed E-state index contributed by atoms with van der Waals surface area (Å²) in [5.74, 6) is 0.872. The summed E-state index contributed by atoms with van der Waals surface area (Å²) in [6, 6.07) is 5.51. The molecule has 4 aromatic heterocycles. The summed E-state index contributed by atoms with van der Waals surface area (Å²) in [6.07, 6.45) is 4.18. The molecule has 4 aromatic rings. The number of nitrogens with one attached hydrogen (secondary N) is 2. The van der Waals surface area contributed by atoms with Gasteiger partial charge in [0.1, 0.15) is 5.52 Å². The predicted octanol–water partition coefficient (Wildman–Crippen LogP) is 2.37. The van der Waals surface area contributed by atoms with E-state index >= 15 is 0 Å². The van der Waals surface area contributed by atoms with Crippen LogP contribution in [0.25, 0.3) is 27.9 Å². The molecule has 1 saturated heterocycles. The van der Waals surface area contributed by atoms with Crippen LogP contribution in [0, 0.1) is 11.8 Å². The first-order valence-electron chi connectivity index (χ1n) is 13.1. The Hall–Kier alpha value is -3.70. The van der Waals surface area contributed by atoms with E-state index < -0.39 is 6.98 Å². The Bertz CT molecular complexity index is 1540. The number of nitrogens with zero attached hydrogens (tertiary/aromatic N) is 7. The number of amides is 1. The molecule has 2 aliphatic rings. The second-order valence-corrected chi connectivity index (χ2v) is 9.27. The molecule has 35 heavy (non-hydrogen) atoms. The Morgan fingerprint density at radius 2 is 2.20 bits per heavy atom. The molecule has 1 aliphatic carbocycles. The molecular weight excluding hydrogens is 446 g/mol. The van der Waals surface area contributed by atoms with Crippen LogP contribution in [0.3, 0.4) is 0 Å². The summed E-state index contributed by atoms with van der Waals surface area (Å²) in [5.41, 5.74) is 2.38. The number of hydrogen-bond donors (Lipinski definition) is 2. The summed E-state index contributed by atoms with van der Waals surface area (Å²) in [6.45, 7) is 1.88. The van der Waals surface area contributed by atoms with Gasteiger partial charge < -0.3 is 20.3 Å². The monoisotopic (exact) mass is 476 g/mol. The molecule has 1 saturated carbocycles. The van der Waals surface area contributed by atoms with Gasteiger partial charge in [-0.05, 0) is 31.5 Å². The lowest BCUT2D eigenvalue weighted by Crippen LogP contribution is -2.35. The van der Waals surface area contributed by atoms with Crippen molar-refractivity contribution in [2.24, 2.45) is 11.8 Å². The van der Waals surface area contributed by atoms with E-state index in [0.717, 1.165) is 25.1 Å². The molecule has 11 heteroatoms. The zero-order valence-electron chi connectivity index (χ0n) is 22.4. The first kappa shape index (κ1) is 18.6. The minimum atomic E-state index is -2.48. The van der Waals surface area contributed by atoms with Gasteiger partial charge in [-0.2, -0.15) is 0 Å². The Balaban J connectivity index is 1.40. The van der Waals surface area contributed by atoms with Crippen LogP contribution in [0.15, 0.2) is 30.6 Å². The van der Waals surface area contributed by atoms with Gasteiger partial charge in [0.05, 0.1) is 12.7 Å². The molecule has 180 valence electrons. The molecule has 0 aromatic carbocycles. The van der Waals surface area contributed by atoms with Crippen LogP contribution in [0.4, 0.5) is 11.6 Å². The SMILES string of the molecule is [2H]C([2H])([2H])Nc1ncc(-c2nc3ccc([C@H]4CN(C)CCO4)cn3n2)c2cc(NC(=O)[C@H]3C[C@H]3C)nnc12. The predicted molar refractivity (Wildman–Crippen MR) is 131 cm³/mol. The van der Waals surface area contributed by atoms with Gasteiger partial charge in [0.2, 0.25) is 5.91 Å². The Labute approximate surface area is 206 Å². The number of anilines is 2. The average Bonchev–Trinajstić information content (AvgIpc) is 3.45.